The molecule has 0 aromatic heterocycles. The zero-order valence-electron chi connectivity index (χ0n) is 14.1. The molecule has 0 amide bonds. The van der Waals surface area contributed by atoms with Gasteiger partial charge in [0, 0.05) is 24.4 Å². The van der Waals surface area contributed by atoms with E-state index >= 15 is 0 Å². The molecule has 0 spiro atoms. The molecule has 0 aliphatic rings. The van der Waals surface area contributed by atoms with Crippen LogP contribution >= 0.6 is 7.81 Å². The van der Waals surface area contributed by atoms with Gasteiger partial charge in [0.05, 0.1) is 5.92 Å². The van der Waals surface area contributed by atoms with Crippen LogP contribution in [0.15, 0.2) is 47.4 Å². The zero-order valence-corrected chi connectivity index (χ0v) is 15.9. The van der Waals surface area contributed by atoms with Gasteiger partial charge < -0.3 is 9.84 Å². The normalized spacial score (nSPS) is 16.8. The van der Waals surface area contributed by atoms with Gasteiger partial charge in [-0.25, -0.2) is 0 Å². The molecule has 0 saturated heterocycles. The zero-order chi connectivity index (χ0) is 20.1. The summed E-state index contributed by atoms with van der Waals surface area (Å²) >= 11 is 1.23. The van der Waals surface area contributed by atoms with Crippen LogP contribution in [0.2, 0.25) is 0 Å². The van der Waals surface area contributed by atoms with Gasteiger partial charge in [0.25, 0.3) is 0 Å². The SMILES string of the molecule is CCOC(O)C(C)C[SH+]c1ccc2ccccc2c1.F[P-](F)(F)(F)(F)F. The van der Waals surface area contributed by atoms with Crippen molar-refractivity contribution in [2.45, 2.75) is 25.0 Å². The first-order valence-corrected chi connectivity index (χ1v) is 10.8. The Kier molecular flexibility index (Phi) is 7.01. The van der Waals surface area contributed by atoms with Gasteiger partial charge in [-0.1, -0.05) is 31.2 Å². The van der Waals surface area contributed by atoms with Gasteiger partial charge in [-0.3, -0.25) is 0 Å². The number of aliphatic hydroxyl groups is 1. The van der Waals surface area contributed by atoms with Gasteiger partial charge in [-0.2, -0.15) is 0 Å². The first-order chi connectivity index (χ1) is 11.7. The second-order valence-electron chi connectivity index (χ2n) is 5.65. The van der Waals surface area contributed by atoms with E-state index in [2.05, 4.69) is 42.5 Å². The number of benzene rings is 2. The molecule has 0 fully saturated rings. The summed E-state index contributed by atoms with van der Waals surface area (Å²) in [6, 6.07) is 14.9. The first kappa shape index (κ1) is 23.0. The summed E-state index contributed by atoms with van der Waals surface area (Å²) in [6.07, 6.45) is -0.655. The van der Waals surface area contributed by atoms with Crippen molar-refractivity contribution in [1.29, 1.82) is 0 Å². The van der Waals surface area contributed by atoms with E-state index in [1.165, 1.54) is 27.4 Å². The average Bonchev–Trinajstić information content (AvgIpc) is 2.49. The molecule has 0 heterocycles. The van der Waals surface area contributed by atoms with Crippen molar-refractivity contribution >= 4 is 30.3 Å². The minimum absolute atomic E-state index is 0.146. The maximum absolute atomic E-state index is 10.7. The molecule has 2 nitrogen and oxygen atoms in total. The Morgan fingerprint density at radius 1 is 1.00 bits per heavy atom. The van der Waals surface area contributed by atoms with Crippen LogP contribution in [0.25, 0.3) is 10.8 Å². The molecule has 0 aliphatic heterocycles. The van der Waals surface area contributed by atoms with E-state index in [-0.39, 0.29) is 5.92 Å². The molecule has 2 atom stereocenters. The molecule has 1 N–H and O–H groups in total. The second kappa shape index (κ2) is 7.92. The van der Waals surface area contributed by atoms with Gasteiger partial charge in [0.15, 0.2) is 11.2 Å². The van der Waals surface area contributed by atoms with Crippen LogP contribution in [0.5, 0.6) is 0 Å². The number of hydrogen-bond acceptors (Lipinski definition) is 2. The maximum atomic E-state index is 9.87. The molecular weight excluding hydrogens is 401 g/mol. The van der Waals surface area contributed by atoms with Crippen molar-refractivity contribution in [2.75, 3.05) is 12.4 Å². The minimum atomic E-state index is -10.7. The fraction of sp³-hybridized carbons (Fsp3) is 0.375. The molecule has 2 aromatic rings. The molecule has 2 aromatic carbocycles. The quantitative estimate of drug-likeness (QED) is 0.192. The molecule has 0 saturated carbocycles. The standard InChI is InChI=1S/C16H20O2S.F6P/c1-3-18-16(17)12(2)11-19-15-9-8-13-6-4-5-7-14(13)10-15;1-7(2,3,4,5)6/h4-10,12,16-17H,3,11H2,1-2H3;/q;-1/p+1. The van der Waals surface area contributed by atoms with E-state index in [0.29, 0.717) is 6.61 Å². The van der Waals surface area contributed by atoms with Crippen LogP contribution in [0.3, 0.4) is 0 Å². The van der Waals surface area contributed by atoms with Crippen molar-refractivity contribution in [3.05, 3.63) is 42.5 Å². The average molecular weight is 422 g/mol. The number of halogens is 6. The number of hydrogen-bond donors (Lipinski definition) is 1. The summed E-state index contributed by atoms with van der Waals surface area (Å²) in [5.41, 5.74) is 0. The molecule has 0 aliphatic carbocycles. The van der Waals surface area contributed by atoms with Crippen LogP contribution in [0, 0.1) is 5.92 Å². The van der Waals surface area contributed by atoms with E-state index in [9.17, 15) is 30.3 Å². The van der Waals surface area contributed by atoms with Gasteiger partial charge in [-0.15, -0.1) is 0 Å². The molecule has 2 unspecified atom stereocenters. The van der Waals surface area contributed by atoms with Gasteiger partial charge in [0.2, 0.25) is 0 Å². The summed E-state index contributed by atoms with van der Waals surface area (Å²) in [5, 5.41) is 12.3. The Labute approximate surface area is 151 Å². The number of aliphatic hydroxyl groups excluding tert-OH is 1. The van der Waals surface area contributed by atoms with E-state index < -0.39 is 14.1 Å². The van der Waals surface area contributed by atoms with Gasteiger partial charge in [0.1, 0.15) is 5.75 Å². The molecule has 0 radical (unpaired) electrons. The Morgan fingerprint density at radius 3 is 2.08 bits per heavy atom. The number of thiol groups is 1. The topological polar surface area (TPSA) is 29.5 Å². The predicted molar refractivity (Wildman–Crippen MR) is 96.2 cm³/mol. The van der Waals surface area contributed by atoms with Crippen LogP contribution in [0.4, 0.5) is 25.2 Å². The molecule has 10 heteroatoms. The third-order valence-corrected chi connectivity index (χ3v) is 4.52. The fourth-order valence-corrected chi connectivity index (χ4v) is 3.04. The third kappa shape index (κ3) is 11.6. The Morgan fingerprint density at radius 2 is 1.54 bits per heavy atom. The van der Waals surface area contributed by atoms with Gasteiger partial charge >= 0.3 is 33.0 Å². The van der Waals surface area contributed by atoms with Crippen LogP contribution in [-0.4, -0.2) is 23.8 Å². The summed E-state index contributed by atoms with van der Waals surface area (Å²) in [4.78, 5) is 1.29. The monoisotopic (exact) mass is 422 g/mol. The number of fused-ring (bicyclic) bond motifs is 1. The fourth-order valence-electron chi connectivity index (χ4n) is 1.95. The van der Waals surface area contributed by atoms with Crippen molar-refractivity contribution in [2.24, 2.45) is 5.92 Å². The summed E-state index contributed by atoms with van der Waals surface area (Å²) in [7, 11) is -10.7. The second-order valence-corrected chi connectivity index (χ2v) is 8.77. The Bertz CT molecular complexity index is 712. The van der Waals surface area contributed by atoms with Crippen LogP contribution in [0.1, 0.15) is 13.8 Å². The van der Waals surface area contributed by atoms with Crippen molar-refractivity contribution < 1.29 is 35.0 Å². The van der Waals surface area contributed by atoms with E-state index in [4.69, 9.17) is 4.74 Å². The van der Waals surface area contributed by atoms with Gasteiger partial charge in [-0.05, 0) is 29.8 Å². The third-order valence-electron chi connectivity index (χ3n) is 3.12. The van der Waals surface area contributed by atoms with Crippen LogP contribution in [-0.2, 0) is 16.5 Å². The molecule has 150 valence electrons. The summed E-state index contributed by atoms with van der Waals surface area (Å²) in [5.74, 6) is 1.05. The van der Waals surface area contributed by atoms with Crippen molar-refractivity contribution in [3.63, 3.8) is 0 Å². The molecule has 0 bridgehead atoms. The summed E-state index contributed by atoms with van der Waals surface area (Å²) in [6.45, 7) is 4.48. The molecule has 2 rings (SSSR count). The van der Waals surface area contributed by atoms with Crippen molar-refractivity contribution in [3.8, 4) is 0 Å². The Balaban J connectivity index is 0.000000412. The predicted octanol–water partition coefficient (Wildman–Crippen LogP) is 6.39. The van der Waals surface area contributed by atoms with Crippen LogP contribution < -0.4 is 0 Å². The van der Waals surface area contributed by atoms with E-state index in [1.807, 2.05) is 13.8 Å². The number of rotatable bonds is 6. The number of ether oxygens (including phenoxy) is 1. The summed E-state index contributed by atoms with van der Waals surface area (Å²) < 4.78 is 64.4. The molecular formula is C16H21F6O2PS. The van der Waals surface area contributed by atoms with E-state index in [0.717, 1.165) is 5.75 Å². The Hall–Kier alpha value is -1.02. The van der Waals surface area contributed by atoms with E-state index in [1.54, 1.807) is 0 Å². The first-order valence-electron chi connectivity index (χ1n) is 7.68. The van der Waals surface area contributed by atoms with Crippen molar-refractivity contribution in [1.82, 2.24) is 0 Å². The molecule has 26 heavy (non-hydrogen) atoms.